The summed E-state index contributed by atoms with van der Waals surface area (Å²) in [6.45, 7) is 6.66. The maximum absolute atomic E-state index is 12.8. The molecule has 0 aliphatic rings. The number of hydrogen-bond donors (Lipinski definition) is 0. The van der Waals surface area contributed by atoms with Gasteiger partial charge >= 0.3 is 17.9 Å². The van der Waals surface area contributed by atoms with Crippen LogP contribution in [0.15, 0.2) is 0 Å². The molecular weight excluding hydrogens is 709 g/mol. The van der Waals surface area contributed by atoms with E-state index in [1.807, 2.05) is 0 Å². The fourth-order valence-electron chi connectivity index (χ4n) is 7.74. The van der Waals surface area contributed by atoms with Gasteiger partial charge in [0.05, 0.1) is 0 Å². The van der Waals surface area contributed by atoms with E-state index in [1.165, 1.54) is 193 Å². The molecule has 0 aromatic carbocycles. The molecule has 0 amide bonds. The molecule has 1 atom stereocenters. The van der Waals surface area contributed by atoms with E-state index in [9.17, 15) is 14.4 Å². The van der Waals surface area contributed by atoms with Crippen molar-refractivity contribution in [3.05, 3.63) is 0 Å². The van der Waals surface area contributed by atoms with Gasteiger partial charge in [0.15, 0.2) is 6.10 Å². The Balaban J connectivity index is 4.27. The van der Waals surface area contributed by atoms with Gasteiger partial charge in [0.1, 0.15) is 13.2 Å². The largest absolute Gasteiger partial charge is 0.462 e. The van der Waals surface area contributed by atoms with Crippen molar-refractivity contribution in [2.24, 2.45) is 0 Å². The average molecular weight is 807 g/mol. The minimum Gasteiger partial charge on any atom is -0.462 e. The minimum atomic E-state index is -0.758. The fourth-order valence-corrected chi connectivity index (χ4v) is 7.74. The molecule has 0 bridgehead atoms. The molecule has 0 aromatic rings. The van der Waals surface area contributed by atoms with Gasteiger partial charge in [0.25, 0.3) is 0 Å². The van der Waals surface area contributed by atoms with Crippen LogP contribution in [0.25, 0.3) is 0 Å². The first kappa shape index (κ1) is 55.4. The van der Waals surface area contributed by atoms with E-state index in [0.29, 0.717) is 19.3 Å². The van der Waals surface area contributed by atoms with Crippen LogP contribution in [0.1, 0.15) is 290 Å². The third-order valence-corrected chi connectivity index (χ3v) is 11.6. The second-order valence-corrected chi connectivity index (χ2v) is 17.5. The molecule has 0 N–H and O–H groups in total. The molecule has 0 aliphatic heterocycles. The molecule has 0 fully saturated rings. The monoisotopic (exact) mass is 807 g/mol. The predicted molar refractivity (Wildman–Crippen MR) is 243 cm³/mol. The highest BCUT2D eigenvalue weighted by atomic mass is 16.6. The number of ether oxygens (including phenoxy) is 3. The number of rotatable bonds is 47. The van der Waals surface area contributed by atoms with E-state index in [4.69, 9.17) is 14.2 Å². The molecule has 0 saturated carbocycles. The highest BCUT2D eigenvalue weighted by molar-refractivity contribution is 5.71. The van der Waals surface area contributed by atoms with Crippen LogP contribution in [-0.4, -0.2) is 37.2 Å². The second-order valence-electron chi connectivity index (χ2n) is 17.5. The highest BCUT2D eigenvalue weighted by Gasteiger charge is 2.19. The average Bonchev–Trinajstić information content (AvgIpc) is 3.21. The molecule has 0 spiro atoms. The lowest BCUT2D eigenvalue weighted by atomic mass is 10.0. The zero-order chi connectivity index (χ0) is 41.5. The zero-order valence-electron chi connectivity index (χ0n) is 38.6. The molecule has 0 aliphatic carbocycles. The number of carbonyl (C=O) groups is 3. The van der Waals surface area contributed by atoms with Gasteiger partial charge in [-0.25, -0.2) is 0 Å². The van der Waals surface area contributed by atoms with E-state index < -0.39 is 6.10 Å². The molecule has 0 heterocycles. The van der Waals surface area contributed by atoms with Gasteiger partial charge in [-0.1, -0.05) is 252 Å². The number of esters is 3. The van der Waals surface area contributed by atoms with Crippen LogP contribution < -0.4 is 0 Å². The lowest BCUT2D eigenvalue weighted by molar-refractivity contribution is -0.167. The third-order valence-electron chi connectivity index (χ3n) is 11.6. The van der Waals surface area contributed by atoms with Crippen LogP contribution in [0.3, 0.4) is 0 Å². The van der Waals surface area contributed by atoms with Crippen molar-refractivity contribution in [3.8, 4) is 0 Å². The predicted octanol–water partition coefficient (Wildman–Crippen LogP) is 16.4. The van der Waals surface area contributed by atoms with E-state index in [1.54, 1.807) is 0 Å². The third kappa shape index (κ3) is 45.3. The Bertz CT molecular complexity index is 844. The Hall–Kier alpha value is -1.59. The van der Waals surface area contributed by atoms with Crippen molar-refractivity contribution in [2.75, 3.05) is 13.2 Å². The van der Waals surface area contributed by atoms with Crippen LogP contribution in [0.4, 0.5) is 0 Å². The van der Waals surface area contributed by atoms with Gasteiger partial charge in [0, 0.05) is 19.3 Å². The summed E-state index contributed by atoms with van der Waals surface area (Å²) in [5.74, 6) is -0.844. The van der Waals surface area contributed by atoms with Gasteiger partial charge in [-0.3, -0.25) is 14.4 Å². The Morgan fingerprint density at radius 1 is 0.281 bits per heavy atom. The van der Waals surface area contributed by atoms with Crippen LogP contribution >= 0.6 is 0 Å². The number of hydrogen-bond acceptors (Lipinski definition) is 6. The SMILES string of the molecule is CCCCCCCCCCCCCCCCCCCC(=O)O[C@H](COC(=O)CCCCCCCCCCCC)COC(=O)CCCCCCCCCCCCCC. The van der Waals surface area contributed by atoms with E-state index >= 15 is 0 Å². The van der Waals surface area contributed by atoms with Crippen molar-refractivity contribution in [1.82, 2.24) is 0 Å². The van der Waals surface area contributed by atoms with Crippen LogP contribution in [0.5, 0.6) is 0 Å². The Labute approximate surface area is 355 Å². The molecule has 57 heavy (non-hydrogen) atoms. The Morgan fingerprint density at radius 3 is 0.702 bits per heavy atom. The summed E-state index contributed by atoms with van der Waals surface area (Å²) in [4.78, 5) is 37.8. The molecule has 0 aromatic heterocycles. The zero-order valence-corrected chi connectivity index (χ0v) is 38.6. The van der Waals surface area contributed by atoms with Gasteiger partial charge in [-0.2, -0.15) is 0 Å². The minimum absolute atomic E-state index is 0.0621. The van der Waals surface area contributed by atoms with Crippen LogP contribution in [0, 0.1) is 0 Å². The Kier molecular flexibility index (Phi) is 45.8. The smallest absolute Gasteiger partial charge is 0.306 e. The Morgan fingerprint density at radius 2 is 0.474 bits per heavy atom. The number of carbonyl (C=O) groups excluding carboxylic acids is 3. The fraction of sp³-hybridized carbons (Fsp3) is 0.941. The first-order chi connectivity index (χ1) is 28.0. The van der Waals surface area contributed by atoms with Gasteiger partial charge in [-0.15, -0.1) is 0 Å². The maximum atomic E-state index is 12.8. The summed E-state index contributed by atoms with van der Waals surface area (Å²) in [5.41, 5.74) is 0. The van der Waals surface area contributed by atoms with E-state index in [0.717, 1.165) is 57.8 Å². The maximum Gasteiger partial charge on any atom is 0.306 e. The van der Waals surface area contributed by atoms with Crippen molar-refractivity contribution in [2.45, 2.75) is 297 Å². The van der Waals surface area contributed by atoms with Gasteiger partial charge < -0.3 is 14.2 Å². The molecule has 338 valence electrons. The molecule has 6 nitrogen and oxygen atoms in total. The van der Waals surface area contributed by atoms with Gasteiger partial charge in [0.2, 0.25) is 0 Å². The van der Waals surface area contributed by atoms with Crippen LogP contribution in [0.2, 0.25) is 0 Å². The standard InChI is InChI=1S/C51H98O6/c1-4-7-10-13-16-19-22-24-25-26-27-28-30-33-36-39-42-45-51(54)57-48(46-55-49(52)43-40-37-34-31-21-18-15-12-9-6-3)47-56-50(53)44-41-38-35-32-29-23-20-17-14-11-8-5-2/h48H,4-47H2,1-3H3/t48-/m1/s1. The first-order valence-electron chi connectivity index (χ1n) is 25.5. The molecule has 0 radical (unpaired) electrons. The summed E-state index contributed by atoms with van der Waals surface area (Å²) in [7, 11) is 0. The summed E-state index contributed by atoms with van der Waals surface area (Å²) < 4.78 is 16.8. The van der Waals surface area contributed by atoms with Crippen molar-refractivity contribution >= 4 is 17.9 Å². The summed E-state index contributed by atoms with van der Waals surface area (Å²) in [6.07, 6.45) is 49.4. The molecule has 0 rings (SSSR count). The number of unbranched alkanes of at least 4 members (excludes halogenated alkanes) is 36. The molecular formula is C51H98O6. The van der Waals surface area contributed by atoms with E-state index in [2.05, 4.69) is 20.8 Å². The normalized spacial score (nSPS) is 11.8. The van der Waals surface area contributed by atoms with E-state index in [-0.39, 0.29) is 31.1 Å². The lowest BCUT2D eigenvalue weighted by Gasteiger charge is -2.18. The highest BCUT2D eigenvalue weighted by Crippen LogP contribution is 2.17. The van der Waals surface area contributed by atoms with Gasteiger partial charge in [-0.05, 0) is 19.3 Å². The van der Waals surface area contributed by atoms with Crippen molar-refractivity contribution in [3.63, 3.8) is 0 Å². The summed E-state index contributed by atoms with van der Waals surface area (Å²) in [5, 5.41) is 0. The summed E-state index contributed by atoms with van der Waals surface area (Å²) >= 11 is 0. The molecule has 0 saturated heterocycles. The first-order valence-corrected chi connectivity index (χ1v) is 25.5. The van der Waals surface area contributed by atoms with Crippen molar-refractivity contribution in [1.29, 1.82) is 0 Å². The van der Waals surface area contributed by atoms with Crippen molar-refractivity contribution < 1.29 is 28.6 Å². The molecule has 0 unspecified atom stereocenters. The lowest BCUT2D eigenvalue weighted by Crippen LogP contribution is -2.30. The summed E-state index contributed by atoms with van der Waals surface area (Å²) in [6, 6.07) is 0. The topological polar surface area (TPSA) is 78.9 Å². The second kappa shape index (κ2) is 47.1. The molecule has 6 heteroatoms. The van der Waals surface area contributed by atoms with Crippen LogP contribution in [-0.2, 0) is 28.6 Å². The quantitative estimate of drug-likeness (QED) is 0.0346.